The Balaban J connectivity index is 1.12. The Morgan fingerprint density at radius 2 is 1.72 bits per heavy atom. The van der Waals surface area contributed by atoms with Crippen molar-refractivity contribution >= 4 is 33.9 Å². The van der Waals surface area contributed by atoms with Crippen LogP contribution in [0.3, 0.4) is 0 Å². The molecule has 0 atom stereocenters. The number of morpholine rings is 1. The van der Waals surface area contributed by atoms with E-state index in [0.717, 1.165) is 82.6 Å². The molecule has 0 radical (unpaired) electrons. The molecule has 1 aromatic heterocycles. The molecule has 2 fully saturated rings. The van der Waals surface area contributed by atoms with Gasteiger partial charge in [-0.15, -0.1) is 11.3 Å². The third kappa shape index (κ3) is 4.80. The number of carbonyl (C=O) groups is 1. The first kappa shape index (κ1) is 23.3. The molecule has 8 heteroatoms. The van der Waals surface area contributed by atoms with E-state index in [9.17, 15) is 4.79 Å². The van der Waals surface area contributed by atoms with Gasteiger partial charge in [-0.25, -0.2) is 9.78 Å². The van der Waals surface area contributed by atoms with Crippen molar-refractivity contribution in [2.45, 2.75) is 25.8 Å². The zero-order valence-corrected chi connectivity index (χ0v) is 21.7. The van der Waals surface area contributed by atoms with E-state index < -0.39 is 0 Å². The Kier molecular flexibility index (Phi) is 6.54. The number of ether oxygens (including phenoxy) is 1. The van der Waals surface area contributed by atoms with Crippen LogP contribution in [0.5, 0.6) is 0 Å². The number of carbonyl (C=O) groups excluding carboxylic acids is 1. The highest BCUT2D eigenvalue weighted by Gasteiger charge is 2.26. The predicted octanol–water partition coefficient (Wildman–Crippen LogP) is 4.40. The minimum atomic E-state index is 0.0939. The molecule has 0 unspecified atom stereocenters. The molecule has 3 aromatic rings. The van der Waals surface area contributed by atoms with Crippen LogP contribution in [0.1, 0.15) is 28.0 Å². The van der Waals surface area contributed by atoms with Crippen LogP contribution in [-0.2, 0) is 24.1 Å². The van der Waals surface area contributed by atoms with Crippen LogP contribution < -0.4 is 14.7 Å². The summed E-state index contributed by atoms with van der Waals surface area (Å²) in [5.74, 6) is 0. The minimum Gasteiger partial charge on any atom is -0.378 e. The summed E-state index contributed by atoms with van der Waals surface area (Å²) < 4.78 is 5.47. The molecule has 3 aliphatic heterocycles. The van der Waals surface area contributed by atoms with E-state index in [-0.39, 0.29) is 6.03 Å². The van der Waals surface area contributed by atoms with Gasteiger partial charge < -0.3 is 19.4 Å². The number of hydrogen-bond acceptors (Lipinski definition) is 6. The second-order valence-electron chi connectivity index (χ2n) is 9.89. The second-order valence-corrected chi connectivity index (χ2v) is 11.0. The smallest absolute Gasteiger partial charge is 0.324 e. The Labute approximate surface area is 216 Å². The van der Waals surface area contributed by atoms with Crippen molar-refractivity contribution in [1.29, 1.82) is 0 Å². The third-order valence-corrected chi connectivity index (χ3v) is 8.51. The average molecular weight is 504 g/mol. The van der Waals surface area contributed by atoms with Gasteiger partial charge in [0, 0.05) is 75.2 Å². The van der Waals surface area contributed by atoms with Gasteiger partial charge in [0.05, 0.1) is 13.2 Å². The largest absolute Gasteiger partial charge is 0.378 e. The molecule has 0 N–H and O–H groups in total. The normalized spacial score (nSPS) is 18.5. The first-order chi connectivity index (χ1) is 17.6. The highest BCUT2D eigenvalue weighted by Crippen LogP contribution is 2.32. The lowest BCUT2D eigenvalue weighted by molar-refractivity contribution is 0.122. The molecule has 6 rings (SSSR count). The van der Waals surface area contributed by atoms with Crippen molar-refractivity contribution in [2.75, 3.05) is 67.7 Å². The molecular formula is C28H33N5O2S. The molecule has 188 valence electrons. The van der Waals surface area contributed by atoms with Crippen LogP contribution in [0.25, 0.3) is 0 Å². The van der Waals surface area contributed by atoms with Gasteiger partial charge in [-0.05, 0) is 53.8 Å². The van der Waals surface area contributed by atoms with Crippen LogP contribution in [0, 0.1) is 0 Å². The van der Waals surface area contributed by atoms with Crippen molar-refractivity contribution in [3.05, 3.63) is 70.2 Å². The monoisotopic (exact) mass is 503 g/mol. The molecule has 2 saturated heterocycles. The number of hydrogen-bond donors (Lipinski definition) is 0. The molecule has 0 saturated carbocycles. The molecule has 7 nitrogen and oxygen atoms in total. The number of aromatic nitrogens is 1. The van der Waals surface area contributed by atoms with Gasteiger partial charge in [-0.2, -0.15) is 0 Å². The van der Waals surface area contributed by atoms with Crippen molar-refractivity contribution in [3.8, 4) is 0 Å². The number of rotatable bonds is 5. The summed E-state index contributed by atoms with van der Waals surface area (Å²) in [7, 11) is 1.88. The molecular weight excluding hydrogens is 470 g/mol. The number of urea groups is 1. The lowest BCUT2D eigenvalue weighted by atomic mass is 9.99. The van der Waals surface area contributed by atoms with Crippen molar-refractivity contribution in [1.82, 2.24) is 9.88 Å². The Bertz CT molecular complexity index is 1220. The summed E-state index contributed by atoms with van der Waals surface area (Å²) in [5, 5.41) is 1.08. The summed E-state index contributed by atoms with van der Waals surface area (Å²) in [6, 6.07) is 15.6. The van der Waals surface area contributed by atoms with Crippen molar-refractivity contribution < 1.29 is 9.53 Å². The first-order valence-electron chi connectivity index (χ1n) is 12.9. The first-order valence-corrected chi connectivity index (χ1v) is 13.7. The van der Waals surface area contributed by atoms with Crippen LogP contribution in [0.2, 0.25) is 0 Å². The van der Waals surface area contributed by atoms with E-state index in [1.54, 1.807) is 11.3 Å². The van der Waals surface area contributed by atoms with Gasteiger partial charge in [0.25, 0.3) is 0 Å². The number of amides is 2. The van der Waals surface area contributed by atoms with E-state index in [2.05, 4.69) is 52.3 Å². The number of thiazole rings is 1. The molecule has 2 aromatic carbocycles. The maximum Gasteiger partial charge on any atom is 0.324 e. The van der Waals surface area contributed by atoms with Gasteiger partial charge >= 0.3 is 6.03 Å². The van der Waals surface area contributed by atoms with Crippen LogP contribution >= 0.6 is 11.3 Å². The predicted molar refractivity (Wildman–Crippen MR) is 146 cm³/mol. The molecule has 0 bridgehead atoms. The summed E-state index contributed by atoms with van der Waals surface area (Å²) >= 11 is 1.79. The lowest BCUT2D eigenvalue weighted by Gasteiger charge is -2.34. The van der Waals surface area contributed by atoms with Gasteiger partial charge in [0.2, 0.25) is 0 Å². The highest BCUT2D eigenvalue weighted by atomic mass is 32.1. The van der Waals surface area contributed by atoms with Crippen LogP contribution in [0.15, 0.2) is 48.7 Å². The average Bonchev–Trinajstić information content (AvgIpc) is 3.39. The summed E-state index contributed by atoms with van der Waals surface area (Å²) in [6.45, 7) is 6.96. The second kappa shape index (κ2) is 10.1. The van der Waals surface area contributed by atoms with E-state index in [4.69, 9.17) is 9.72 Å². The highest BCUT2D eigenvalue weighted by molar-refractivity contribution is 7.15. The third-order valence-electron chi connectivity index (χ3n) is 7.45. The van der Waals surface area contributed by atoms with E-state index in [0.29, 0.717) is 0 Å². The minimum absolute atomic E-state index is 0.0939. The quantitative estimate of drug-likeness (QED) is 0.517. The standard InChI is InChI=1S/C28H33N5O2S/c1-30-10-2-11-33(28(30)34)25-8-5-22-9-12-32(20-23(22)18-25)27-29-19-26(36-27)17-21-3-6-24(7-4-21)31-13-15-35-16-14-31/h3-8,18-19H,2,9-17,20H2,1H3. The number of benzene rings is 2. The number of fused-ring (bicyclic) bond motifs is 1. The van der Waals surface area contributed by atoms with E-state index in [1.165, 1.54) is 27.3 Å². The summed E-state index contributed by atoms with van der Waals surface area (Å²) in [5.41, 5.74) is 6.27. The van der Waals surface area contributed by atoms with E-state index in [1.807, 2.05) is 23.0 Å². The number of nitrogens with zero attached hydrogens (tertiary/aromatic N) is 5. The lowest BCUT2D eigenvalue weighted by Crippen LogP contribution is -2.47. The molecule has 4 heterocycles. The van der Waals surface area contributed by atoms with Gasteiger partial charge in [-0.3, -0.25) is 4.90 Å². The fourth-order valence-electron chi connectivity index (χ4n) is 5.35. The van der Waals surface area contributed by atoms with Crippen molar-refractivity contribution in [3.63, 3.8) is 0 Å². The van der Waals surface area contributed by atoms with Crippen LogP contribution in [0.4, 0.5) is 21.3 Å². The Hall–Kier alpha value is -3.10. The molecule has 0 aliphatic carbocycles. The SMILES string of the molecule is CN1CCCN(c2ccc3c(c2)CN(c2ncc(Cc4ccc(N5CCOCC5)cc4)s2)CC3)C1=O. The zero-order valence-electron chi connectivity index (χ0n) is 20.9. The topological polar surface area (TPSA) is 52.1 Å². The number of anilines is 3. The maximum atomic E-state index is 12.7. The van der Waals surface area contributed by atoms with Gasteiger partial charge in [-0.1, -0.05) is 18.2 Å². The Morgan fingerprint density at radius 3 is 2.56 bits per heavy atom. The Morgan fingerprint density at radius 1 is 0.917 bits per heavy atom. The zero-order chi connectivity index (χ0) is 24.5. The summed E-state index contributed by atoms with van der Waals surface area (Å²) in [6.07, 6.45) is 4.94. The van der Waals surface area contributed by atoms with E-state index >= 15 is 0 Å². The molecule has 36 heavy (non-hydrogen) atoms. The molecule has 2 amide bonds. The molecule has 3 aliphatic rings. The van der Waals surface area contributed by atoms with Crippen molar-refractivity contribution in [2.24, 2.45) is 0 Å². The summed E-state index contributed by atoms with van der Waals surface area (Å²) in [4.78, 5) is 27.2. The van der Waals surface area contributed by atoms with Crippen LogP contribution in [-0.4, -0.2) is 68.9 Å². The van der Waals surface area contributed by atoms with Gasteiger partial charge in [0.1, 0.15) is 0 Å². The fraction of sp³-hybridized carbons (Fsp3) is 0.429. The van der Waals surface area contributed by atoms with Gasteiger partial charge in [0.15, 0.2) is 5.13 Å². The molecule has 0 spiro atoms. The fourth-order valence-corrected chi connectivity index (χ4v) is 6.32. The maximum absolute atomic E-state index is 12.7.